The number of benzene rings is 1. The number of amides is 1. The van der Waals surface area contributed by atoms with E-state index in [1.807, 2.05) is 0 Å². The van der Waals surface area contributed by atoms with Gasteiger partial charge in [-0.2, -0.15) is 0 Å². The zero-order valence-corrected chi connectivity index (χ0v) is 14.5. The lowest BCUT2D eigenvalue weighted by molar-refractivity contribution is -0.123. The molecule has 1 heterocycles. The fourth-order valence-corrected chi connectivity index (χ4v) is 3.89. The number of rotatable bonds is 6. The maximum atomic E-state index is 12.3. The summed E-state index contributed by atoms with van der Waals surface area (Å²) in [4.78, 5) is 12.3. The Morgan fingerprint density at radius 1 is 1.26 bits per heavy atom. The van der Waals surface area contributed by atoms with Gasteiger partial charge in [0.2, 0.25) is 5.91 Å². The molecule has 1 spiro atoms. The second-order valence-corrected chi connectivity index (χ2v) is 7.66. The Morgan fingerprint density at radius 3 is 2.61 bits per heavy atom. The van der Waals surface area contributed by atoms with E-state index < -0.39 is 0 Å². The topological polar surface area (TPSA) is 41.1 Å². The van der Waals surface area contributed by atoms with Crippen molar-refractivity contribution in [2.24, 2.45) is 11.3 Å². The molecule has 3 heteroatoms. The SMILES string of the molecule is CC(C)c1ccc(CCCNC(=O)C2CC23CCNCC3)cc1. The van der Waals surface area contributed by atoms with Crippen LogP contribution < -0.4 is 10.6 Å². The van der Waals surface area contributed by atoms with Crippen molar-refractivity contribution in [3.8, 4) is 0 Å². The van der Waals surface area contributed by atoms with E-state index >= 15 is 0 Å². The number of carbonyl (C=O) groups excluding carboxylic acids is 1. The van der Waals surface area contributed by atoms with Crippen LogP contribution in [0.15, 0.2) is 24.3 Å². The van der Waals surface area contributed by atoms with Gasteiger partial charge in [0.25, 0.3) is 0 Å². The molecule has 3 rings (SSSR count). The maximum Gasteiger partial charge on any atom is 0.223 e. The van der Waals surface area contributed by atoms with Crippen molar-refractivity contribution in [3.63, 3.8) is 0 Å². The van der Waals surface area contributed by atoms with Crippen LogP contribution in [-0.4, -0.2) is 25.5 Å². The molecule has 0 aromatic heterocycles. The van der Waals surface area contributed by atoms with E-state index in [9.17, 15) is 4.79 Å². The van der Waals surface area contributed by atoms with Gasteiger partial charge in [-0.25, -0.2) is 0 Å². The Balaban J connectivity index is 1.36. The number of hydrogen-bond acceptors (Lipinski definition) is 2. The summed E-state index contributed by atoms with van der Waals surface area (Å²) in [6.45, 7) is 7.40. The zero-order valence-electron chi connectivity index (χ0n) is 14.5. The summed E-state index contributed by atoms with van der Waals surface area (Å²) in [7, 11) is 0. The van der Waals surface area contributed by atoms with Gasteiger partial charge in [0, 0.05) is 12.5 Å². The first-order valence-electron chi connectivity index (χ1n) is 9.18. The minimum Gasteiger partial charge on any atom is -0.356 e. The first kappa shape index (κ1) is 16.5. The molecule has 1 aliphatic carbocycles. The molecular formula is C20H30N2O. The summed E-state index contributed by atoms with van der Waals surface area (Å²) < 4.78 is 0. The molecule has 1 unspecified atom stereocenters. The minimum atomic E-state index is 0.287. The molecular weight excluding hydrogens is 284 g/mol. The number of piperidine rings is 1. The van der Waals surface area contributed by atoms with Crippen molar-refractivity contribution in [2.45, 2.75) is 51.9 Å². The molecule has 1 aliphatic heterocycles. The van der Waals surface area contributed by atoms with Crippen molar-refractivity contribution in [1.29, 1.82) is 0 Å². The smallest absolute Gasteiger partial charge is 0.223 e. The Morgan fingerprint density at radius 2 is 1.96 bits per heavy atom. The van der Waals surface area contributed by atoms with Crippen LogP contribution >= 0.6 is 0 Å². The van der Waals surface area contributed by atoms with Crippen molar-refractivity contribution in [2.75, 3.05) is 19.6 Å². The highest BCUT2D eigenvalue weighted by Gasteiger charge is 2.57. The van der Waals surface area contributed by atoms with Crippen LogP contribution in [0.5, 0.6) is 0 Å². The largest absolute Gasteiger partial charge is 0.356 e. The molecule has 1 aromatic rings. The van der Waals surface area contributed by atoms with Gasteiger partial charge in [-0.15, -0.1) is 0 Å². The van der Waals surface area contributed by atoms with E-state index in [-0.39, 0.29) is 5.92 Å². The summed E-state index contributed by atoms with van der Waals surface area (Å²) in [5, 5.41) is 6.55. The van der Waals surface area contributed by atoms with E-state index in [0.717, 1.165) is 38.9 Å². The normalized spacial score (nSPS) is 22.3. The van der Waals surface area contributed by atoms with E-state index in [1.165, 1.54) is 24.0 Å². The molecule has 2 N–H and O–H groups in total. The van der Waals surface area contributed by atoms with Gasteiger partial charge in [-0.3, -0.25) is 4.79 Å². The zero-order chi connectivity index (χ0) is 16.3. The summed E-state index contributed by atoms with van der Waals surface area (Å²) in [6, 6.07) is 8.90. The van der Waals surface area contributed by atoms with Crippen LogP contribution in [0.1, 0.15) is 56.6 Å². The van der Waals surface area contributed by atoms with Crippen molar-refractivity contribution < 1.29 is 4.79 Å². The van der Waals surface area contributed by atoms with Crippen LogP contribution in [0.3, 0.4) is 0 Å². The molecule has 0 radical (unpaired) electrons. The third-order valence-electron chi connectivity index (χ3n) is 5.69. The van der Waals surface area contributed by atoms with Crippen LogP contribution in [-0.2, 0) is 11.2 Å². The fourth-order valence-electron chi connectivity index (χ4n) is 3.89. The van der Waals surface area contributed by atoms with Crippen molar-refractivity contribution >= 4 is 5.91 Å². The van der Waals surface area contributed by atoms with Gasteiger partial charge >= 0.3 is 0 Å². The number of nitrogens with one attached hydrogen (secondary N) is 2. The van der Waals surface area contributed by atoms with Gasteiger partial charge in [-0.1, -0.05) is 38.1 Å². The summed E-state index contributed by atoms with van der Waals surface area (Å²) >= 11 is 0. The Labute approximate surface area is 140 Å². The molecule has 3 nitrogen and oxygen atoms in total. The van der Waals surface area contributed by atoms with Gasteiger partial charge in [0.1, 0.15) is 0 Å². The number of hydrogen-bond donors (Lipinski definition) is 2. The van der Waals surface area contributed by atoms with Gasteiger partial charge in [0.15, 0.2) is 0 Å². The average Bonchev–Trinajstić information content (AvgIpc) is 3.25. The number of aryl methyl sites for hydroxylation is 1. The molecule has 0 bridgehead atoms. The third kappa shape index (κ3) is 3.95. The van der Waals surface area contributed by atoms with E-state index in [4.69, 9.17) is 0 Å². The predicted octanol–water partition coefficient (Wildman–Crippen LogP) is 3.25. The van der Waals surface area contributed by atoms with Crippen molar-refractivity contribution in [3.05, 3.63) is 35.4 Å². The standard InChI is InChI=1S/C20H30N2O/c1-15(2)17-7-5-16(6-8-17)4-3-11-22-19(23)18-14-20(18)9-12-21-13-10-20/h5-8,15,18,21H,3-4,9-14H2,1-2H3,(H,22,23). The summed E-state index contributed by atoms with van der Waals surface area (Å²) in [6.07, 6.45) is 5.52. The molecule has 126 valence electrons. The highest BCUT2D eigenvalue weighted by atomic mass is 16.2. The van der Waals surface area contributed by atoms with Crippen LogP contribution in [0, 0.1) is 11.3 Å². The monoisotopic (exact) mass is 314 g/mol. The predicted molar refractivity (Wildman–Crippen MR) is 94.5 cm³/mol. The molecule has 23 heavy (non-hydrogen) atoms. The Bertz CT molecular complexity index is 529. The first-order chi connectivity index (χ1) is 11.1. The second-order valence-electron chi connectivity index (χ2n) is 7.66. The molecule has 1 saturated heterocycles. The number of carbonyl (C=O) groups is 1. The lowest BCUT2D eigenvalue weighted by atomic mass is 9.92. The maximum absolute atomic E-state index is 12.3. The summed E-state index contributed by atoms with van der Waals surface area (Å²) in [5.74, 6) is 1.17. The second kappa shape index (κ2) is 7.04. The molecule has 2 aliphatic rings. The van der Waals surface area contributed by atoms with Gasteiger partial charge in [-0.05, 0) is 67.7 Å². The quantitative estimate of drug-likeness (QED) is 0.791. The lowest BCUT2D eigenvalue weighted by Crippen LogP contribution is -2.34. The molecule has 1 aromatic carbocycles. The molecule has 2 fully saturated rings. The van der Waals surface area contributed by atoms with E-state index in [1.54, 1.807) is 0 Å². The molecule has 1 amide bonds. The first-order valence-corrected chi connectivity index (χ1v) is 9.18. The lowest BCUT2D eigenvalue weighted by Gasteiger charge is -2.23. The highest BCUT2D eigenvalue weighted by molar-refractivity contribution is 5.82. The van der Waals surface area contributed by atoms with Crippen LogP contribution in [0.4, 0.5) is 0 Å². The van der Waals surface area contributed by atoms with Crippen LogP contribution in [0.2, 0.25) is 0 Å². The molecule has 1 atom stereocenters. The Kier molecular flexibility index (Phi) is 5.05. The third-order valence-corrected chi connectivity index (χ3v) is 5.69. The van der Waals surface area contributed by atoms with Crippen LogP contribution in [0.25, 0.3) is 0 Å². The summed E-state index contributed by atoms with van der Waals surface area (Å²) in [5.41, 5.74) is 3.11. The average molecular weight is 314 g/mol. The fraction of sp³-hybridized carbons (Fsp3) is 0.650. The van der Waals surface area contributed by atoms with Crippen molar-refractivity contribution in [1.82, 2.24) is 10.6 Å². The van der Waals surface area contributed by atoms with Gasteiger partial charge in [0.05, 0.1) is 0 Å². The van der Waals surface area contributed by atoms with Gasteiger partial charge < -0.3 is 10.6 Å². The molecule has 1 saturated carbocycles. The van der Waals surface area contributed by atoms with E-state index in [2.05, 4.69) is 48.7 Å². The Hall–Kier alpha value is -1.35. The highest BCUT2D eigenvalue weighted by Crippen LogP contribution is 2.58. The minimum absolute atomic E-state index is 0.287. The van der Waals surface area contributed by atoms with E-state index in [0.29, 0.717) is 17.2 Å².